The van der Waals surface area contributed by atoms with Gasteiger partial charge < -0.3 is 5.32 Å². The van der Waals surface area contributed by atoms with Gasteiger partial charge in [-0.25, -0.2) is 0 Å². The van der Waals surface area contributed by atoms with Gasteiger partial charge in [-0.2, -0.15) is 0 Å². The maximum Gasteiger partial charge on any atom is 0.207 e. The van der Waals surface area contributed by atoms with Gasteiger partial charge in [0.1, 0.15) is 0 Å². The van der Waals surface area contributed by atoms with Gasteiger partial charge in [0, 0.05) is 5.54 Å². The summed E-state index contributed by atoms with van der Waals surface area (Å²) in [4.78, 5) is 10.6. The second kappa shape index (κ2) is 8.75. The van der Waals surface area contributed by atoms with Crippen molar-refractivity contribution in [2.75, 3.05) is 0 Å². The number of hydrogen-bond donors (Lipinski definition) is 1. The van der Waals surface area contributed by atoms with E-state index >= 15 is 0 Å². The van der Waals surface area contributed by atoms with Crippen molar-refractivity contribution in [3.05, 3.63) is 0 Å². The van der Waals surface area contributed by atoms with Gasteiger partial charge in [0.15, 0.2) is 0 Å². The highest BCUT2D eigenvalue weighted by Gasteiger charge is 2.21. The van der Waals surface area contributed by atoms with Crippen molar-refractivity contribution >= 4 is 6.41 Å². The second-order valence-electron chi connectivity index (χ2n) is 4.74. The van der Waals surface area contributed by atoms with Crippen LogP contribution in [0.4, 0.5) is 0 Å². The normalized spacial score (nSPS) is 14.6. The first kappa shape index (κ1) is 14.5. The molecule has 0 aromatic rings. The number of hydrogen-bond acceptors (Lipinski definition) is 1. The Kier molecular flexibility index (Phi) is 8.44. The highest BCUT2D eigenvalue weighted by atomic mass is 16.1. The summed E-state index contributed by atoms with van der Waals surface area (Å²) in [5.74, 6) is 0. The zero-order valence-corrected chi connectivity index (χ0v) is 10.6. The van der Waals surface area contributed by atoms with Gasteiger partial charge in [-0.1, -0.05) is 52.4 Å². The van der Waals surface area contributed by atoms with Crippen LogP contribution in [-0.4, -0.2) is 11.9 Å². The minimum Gasteiger partial charge on any atom is -0.354 e. The number of carbonyl (C=O) groups is 1. The first-order chi connectivity index (χ1) is 7.18. The molecular weight excluding hydrogens is 186 g/mol. The highest BCUT2D eigenvalue weighted by Crippen LogP contribution is 2.21. The molecule has 0 bridgehead atoms. The van der Waals surface area contributed by atoms with Crippen LogP contribution in [0.3, 0.4) is 0 Å². The minimum atomic E-state index is 0.0332. The van der Waals surface area contributed by atoms with Crippen molar-refractivity contribution in [1.29, 1.82) is 0 Å². The molecule has 0 saturated carbocycles. The highest BCUT2D eigenvalue weighted by molar-refractivity contribution is 5.47. The Morgan fingerprint density at radius 3 is 2.13 bits per heavy atom. The quantitative estimate of drug-likeness (QED) is 0.435. The Morgan fingerprint density at radius 2 is 1.60 bits per heavy atom. The maximum atomic E-state index is 10.6. The molecular formula is C13H27NO. The van der Waals surface area contributed by atoms with E-state index in [2.05, 4.69) is 26.1 Å². The van der Waals surface area contributed by atoms with Crippen LogP contribution in [0, 0.1) is 0 Å². The van der Waals surface area contributed by atoms with E-state index in [0.717, 1.165) is 19.3 Å². The van der Waals surface area contributed by atoms with E-state index < -0.39 is 0 Å². The van der Waals surface area contributed by atoms with E-state index in [4.69, 9.17) is 0 Å². The monoisotopic (exact) mass is 213 g/mol. The molecule has 0 rings (SSSR count). The van der Waals surface area contributed by atoms with Crippen molar-refractivity contribution in [2.45, 2.75) is 77.7 Å². The summed E-state index contributed by atoms with van der Waals surface area (Å²) in [6, 6.07) is 0. The molecule has 1 amide bonds. The van der Waals surface area contributed by atoms with Crippen molar-refractivity contribution in [2.24, 2.45) is 0 Å². The fourth-order valence-electron chi connectivity index (χ4n) is 1.92. The van der Waals surface area contributed by atoms with E-state index in [0.29, 0.717) is 0 Å². The summed E-state index contributed by atoms with van der Waals surface area (Å²) in [6.45, 7) is 6.58. The summed E-state index contributed by atoms with van der Waals surface area (Å²) in [5, 5.41) is 2.99. The van der Waals surface area contributed by atoms with Crippen molar-refractivity contribution in [3.8, 4) is 0 Å². The molecule has 1 atom stereocenters. The fraction of sp³-hybridized carbons (Fsp3) is 0.923. The maximum absolute atomic E-state index is 10.6. The van der Waals surface area contributed by atoms with E-state index in [1.54, 1.807) is 0 Å². The number of amides is 1. The van der Waals surface area contributed by atoms with Gasteiger partial charge in [0.05, 0.1) is 0 Å². The van der Waals surface area contributed by atoms with Crippen LogP contribution in [0.25, 0.3) is 0 Å². The average molecular weight is 213 g/mol. The molecule has 0 aliphatic heterocycles. The largest absolute Gasteiger partial charge is 0.354 e. The lowest BCUT2D eigenvalue weighted by Gasteiger charge is -2.29. The fourth-order valence-corrected chi connectivity index (χ4v) is 1.92. The number of nitrogens with one attached hydrogen (secondary N) is 1. The van der Waals surface area contributed by atoms with Gasteiger partial charge in [-0.15, -0.1) is 0 Å². The Bertz CT molecular complexity index is 159. The molecule has 0 aliphatic carbocycles. The van der Waals surface area contributed by atoms with E-state index in [-0.39, 0.29) is 5.54 Å². The van der Waals surface area contributed by atoms with Gasteiger partial charge in [0.25, 0.3) is 0 Å². The molecule has 0 aromatic heterocycles. The topological polar surface area (TPSA) is 29.1 Å². The lowest BCUT2D eigenvalue weighted by molar-refractivity contribution is -0.111. The Hall–Kier alpha value is -0.530. The van der Waals surface area contributed by atoms with Crippen molar-refractivity contribution in [1.82, 2.24) is 5.32 Å². The first-order valence-corrected chi connectivity index (χ1v) is 6.40. The molecule has 0 heterocycles. The third kappa shape index (κ3) is 7.40. The summed E-state index contributed by atoms with van der Waals surface area (Å²) in [5.41, 5.74) is 0.0332. The molecule has 0 saturated heterocycles. The molecule has 0 radical (unpaired) electrons. The average Bonchev–Trinajstić information content (AvgIpc) is 2.22. The Labute approximate surface area is 94.8 Å². The number of unbranched alkanes of at least 4 members (excludes halogenated alkanes) is 4. The van der Waals surface area contributed by atoms with Crippen LogP contribution >= 0.6 is 0 Å². The Balaban J connectivity index is 3.83. The summed E-state index contributed by atoms with van der Waals surface area (Å²) in [6.07, 6.45) is 10.6. The number of rotatable bonds is 10. The van der Waals surface area contributed by atoms with Gasteiger partial charge in [-0.05, 0) is 19.8 Å². The predicted octanol–water partition coefficient (Wildman–Crippen LogP) is 3.65. The summed E-state index contributed by atoms with van der Waals surface area (Å²) < 4.78 is 0. The second-order valence-corrected chi connectivity index (χ2v) is 4.74. The van der Waals surface area contributed by atoms with Crippen LogP contribution in [0.5, 0.6) is 0 Å². The van der Waals surface area contributed by atoms with E-state index in [1.165, 1.54) is 38.5 Å². The molecule has 2 heteroatoms. The molecule has 2 nitrogen and oxygen atoms in total. The smallest absolute Gasteiger partial charge is 0.207 e. The lowest BCUT2D eigenvalue weighted by atomic mass is 9.89. The van der Waals surface area contributed by atoms with Crippen molar-refractivity contribution in [3.63, 3.8) is 0 Å². The third-order valence-electron chi connectivity index (χ3n) is 3.07. The SMILES string of the molecule is CCCCCCC(C)(CCCC)NC=O. The van der Waals surface area contributed by atoms with Crippen LogP contribution < -0.4 is 5.32 Å². The molecule has 0 spiro atoms. The molecule has 0 fully saturated rings. The van der Waals surface area contributed by atoms with Crippen LogP contribution in [-0.2, 0) is 4.79 Å². The standard InChI is InChI=1S/C13H27NO/c1-4-6-8-9-11-13(3,14-12-15)10-7-5-2/h12H,4-11H2,1-3H3,(H,14,15). The lowest BCUT2D eigenvalue weighted by Crippen LogP contribution is -2.41. The molecule has 0 aromatic carbocycles. The first-order valence-electron chi connectivity index (χ1n) is 6.40. The minimum absolute atomic E-state index is 0.0332. The van der Waals surface area contributed by atoms with Crippen LogP contribution in [0.15, 0.2) is 0 Å². The van der Waals surface area contributed by atoms with E-state index in [9.17, 15) is 4.79 Å². The summed E-state index contributed by atoms with van der Waals surface area (Å²) in [7, 11) is 0. The van der Waals surface area contributed by atoms with Crippen LogP contribution in [0.1, 0.15) is 72.1 Å². The zero-order valence-electron chi connectivity index (χ0n) is 10.6. The predicted molar refractivity (Wildman–Crippen MR) is 65.9 cm³/mol. The van der Waals surface area contributed by atoms with Gasteiger partial charge in [0.2, 0.25) is 6.41 Å². The van der Waals surface area contributed by atoms with E-state index in [1.807, 2.05) is 0 Å². The van der Waals surface area contributed by atoms with Crippen molar-refractivity contribution < 1.29 is 4.79 Å². The van der Waals surface area contributed by atoms with Crippen LogP contribution in [0.2, 0.25) is 0 Å². The zero-order chi connectivity index (χ0) is 11.6. The molecule has 15 heavy (non-hydrogen) atoms. The molecule has 0 aliphatic rings. The Morgan fingerprint density at radius 1 is 1.00 bits per heavy atom. The molecule has 1 unspecified atom stereocenters. The molecule has 90 valence electrons. The molecule has 1 N–H and O–H groups in total. The third-order valence-corrected chi connectivity index (χ3v) is 3.07. The number of carbonyl (C=O) groups excluding carboxylic acids is 1. The van der Waals surface area contributed by atoms with Gasteiger partial charge >= 0.3 is 0 Å². The summed E-state index contributed by atoms with van der Waals surface area (Å²) >= 11 is 0. The van der Waals surface area contributed by atoms with Gasteiger partial charge in [-0.3, -0.25) is 4.79 Å².